The number of rotatable bonds is 5. The fourth-order valence-electron chi connectivity index (χ4n) is 2.17. The molecule has 0 radical (unpaired) electrons. The number of nitrogens with zero attached hydrogens (tertiary/aromatic N) is 1. The summed E-state index contributed by atoms with van der Waals surface area (Å²) in [5.74, 6) is -1.89. The predicted molar refractivity (Wildman–Crippen MR) is 69.4 cm³/mol. The van der Waals surface area contributed by atoms with Gasteiger partial charge in [-0.25, -0.2) is 17.2 Å². The third-order valence-electron chi connectivity index (χ3n) is 3.84. The molecule has 1 saturated carbocycles. The number of hydrogen-bond donors (Lipinski definition) is 1. The molecule has 1 aromatic carbocycles. The molecular formula is C13H17F2NO3S. The van der Waals surface area contributed by atoms with Crippen molar-refractivity contribution in [1.82, 2.24) is 4.31 Å². The first-order valence-corrected chi connectivity index (χ1v) is 7.80. The fourth-order valence-corrected chi connectivity index (χ4v) is 3.68. The van der Waals surface area contributed by atoms with Crippen LogP contribution in [-0.2, 0) is 16.6 Å². The van der Waals surface area contributed by atoms with Crippen molar-refractivity contribution >= 4 is 10.0 Å². The van der Waals surface area contributed by atoms with Crippen LogP contribution >= 0.6 is 0 Å². The number of halogens is 2. The van der Waals surface area contributed by atoms with Gasteiger partial charge in [0.2, 0.25) is 10.0 Å². The fraction of sp³-hybridized carbons (Fsp3) is 0.538. The highest BCUT2D eigenvalue weighted by atomic mass is 32.2. The molecule has 1 fully saturated rings. The smallest absolute Gasteiger partial charge is 0.245 e. The minimum atomic E-state index is -4.04. The molecule has 0 heterocycles. The number of sulfonamides is 1. The zero-order valence-electron chi connectivity index (χ0n) is 11.3. The lowest BCUT2D eigenvalue weighted by atomic mass is 10.2. The van der Waals surface area contributed by atoms with Gasteiger partial charge in [-0.1, -0.05) is 0 Å². The normalized spacial score (nSPS) is 17.5. The van der Waals surface area contributed by atoms with Gasteiger partial charge >= 0.3 is 0 Å². The Morgan fingerprint density at radius 3 is 2.50 bits per heavy atom. The summed E-state index contributed by atoms with van der Waals surface area (Å²) in [7, 11) is -2.65. The van der Waals surface area contributed by atoms with Gasteiger partial charge in [-0.2, -0.15) is 4.31 Å². The molecule has 1 aliphatic carbocycles. The van der Waals surface area contributed by atoms with Crippen LogP contribution in [0.15, 0.2) is 17.0 Å². The van der Waals surface area contributed by atoms with Crippen molar-refractivity contribution in [2.24, 2.45) is 5.92 Å². The van der Waals surface area contributed by atoms with Crippen LogP contribution in [0.5, 0.6) is 0 Å². The lowest BCUT2D eigenvalue weighted by Gasteiger charge is -2.24. The molecule has 0 aliphatic heterocycles. The maximum absolute atomic E-state index is 14.1. The molecule has 2 rings (SSSR count). The van der Waals surface area contributed by atoms with Gasteiger partial charge in [0.1, 0.15) is 10.7 Å². The van der Waals surface area contributed by atoms with E-state index in [1.165, 1.54) is 7.05 Å². The van der Waals surface area contributed by atoms with Gasteiger partial charge in [-0.15, -0.1) is 0 Å². The molecule has 1 aliphatic rings. The van der Waals surface area contributed by atoms with E-state index in [2.05, 4.69) is 0 Å². The molecule has 112 valence electrons. The first-order chi connectivity index (χ1) is 9.30. The number of benzene rings is 1. The number of hydrogen-bond acceptors (Lipinski definition) is 3. The molecule has 0 spiro atoms. The topological polar surface area (TPSA) is 57.6 Å². The first kappa shape index (κ1) is 15.3. The van der Waals surface area contributed by atoms with Crippen LogP contribution in [0.1, 0.15) is 25.3 Å². The molecule has 0 aromatic heterocycles. The molecule has 4 nitrogen and oxygen atoms in total. The molecule has 1 atom stereocenters. The van der Waals surface area contributed by atoms with Gasteiger partial charge in [0.15, 0.2) is 5.82 Å². The summed E-state index contributed by atoms with van der Waals surface area (Å²) in [4.78, 5) is -0.599. The summed E-state index contributed by atoms with van der Waals surface area (Å²) < 4.78 is 53.3. The minimum absolute atomic E-state index is 0.234. The minimum Gasteiger partial charge on any atom is -0.391 e. The highest BCUT2D eigenvalue weighted by Gasteiger charge is 2.37. The van der Waals surface area contributed by atoms with Crippen LogP contribution in [0.2, 0.25) is 0 Å². The van der Waals surface area contributed by atoms with Gasteiger partial charge in [0.05, 0.1) is 12.2 Å². The second kappa shape index (κ2) is 5.38. The maximum atomic E-state index is 14.1. The van der Waals surface area contributed by atoms with E-state index in [4.69, 9.17) is 5.11 Å². The van der Waals surface area contributed by atoms with Crippen LogP contribution < -0.4 is 0 Å². The zero-order valence-corrected chi connectivity index (χ0v) is 12.1. The standard InChI is InChI=1S/C13H17F2NO3S/c1-8(9-3-4-9)16(2)20(18,19)12-6-5-11(14)10(7-17)13(12)15/h5-6,8-9,17H,3-4,7H2,1-2H3. The average Bonchev–Trinajstić information content (AvgIpc) is 3.21. The van der Waals surface area contributed by atoms with Gasteiger partial charge in [0.25, 0.3) is 0 Å². The summed E-state index contributed by atoms with van der Waals surface area (Å²) in [6.45, 7) is 0.881. The second-order valence-corrected chi connectivity index (χ2v) is 7.06. The number of aliphatic hydroxyl groups excluding tert-OH is 1. The Morgan fingerprint density at radius 2 is 2.00 bits per heavy atom. The van der Waals surface area contributed by atoms with E-state index < -0.39 is 38.7 Å². The summed E-state index contributed by atoms with van der Waals surface area (Å²) >= 11 is 0. The van der Waals surface area contributed by atoms with Gasteiger partial charge in [0, 0.05) is 13.1 Å². The zero-order chi connectivity index (χ0) is 15.1. The van der Waals surface area contributed by atoms with E-state index in [0.29, 0.717) is 0 Å². The Bertz CT molecular complexity index is 614. The molecule has 0 saturated heterocycles. The van der Waals surface area contributed by atoms with E-state index in [1.807, 2.05) is 0 Å². The number of aliphatic hydroxyl groups is 1. The van der Waals surface area contributed by atoms with E-state index in [1.54, 1.807) is 6.92 Å². The van der Waals surface area contributed by atoms with Gasteiger partial charge in [-0.3, -0.25) is 0 Å². The molecule has 7 heteroatoms. The van der Waals surface area contributed by atoms with E-state index >= 15 is 0 Å². The average molecular weight is 305 g/mol. The Morgan fingerprint density at radius 1 is 1.40 bits per heavy atom. The monoisotopic (exact) mass is 305 g/mol. The van der Waals surface area contributed by atoms with Crippen LogP contribution in [0.3, 0.4) is 0 Å². The van der Waals surface area contributed by atoms with Gasteiger partial charge in [-0.05, 0) is 37.8 Å². The summed E-state index contributed by atoms with van der Waals surface area (Å²) in [5, 5.41) is 8.95. The highest BCUT2D eigenvalue weighted by Crippen LogP contribution is 2.36. The highest BCUT2D eigenvalue weighted by molar-refractivity contribution is 7.89. The third kappa shape index (κ3) is 2.57. The summed E-state index contributed by atoms with van der Waals surface area (Å²) in [6.07, 6.45) is 1.91. The molecule has 0 amide bonds. The van der Waals surface area contributed by atoms with E-state index in [-0.39, 0.29) is 12.0 Å². The summed E-state index contributed by atoms with van der Waals surface area (Å²) in [6, 6.07) is 1.52. The molecule has 1 aromatic rings. The van der Waals surface area contributed by atoms with Crippen molar-refractivity contribution in [2.75, 3.05) is 7.05 Å². The quantitative estimate of drug-likeness (QED) is 0.903. The molecule has 0 bridgehead atoms. The first-order valence-electron chi connectivity index (χ1n) is 6.36. The third-order valence-corrected chi connectivity index (χ3v) is 5.81. The SMILES string of the molecule is CC(C1CC1)N(C)S(=O)(=O)c1ccc(F)c(CO)c1F. The molecule has 1 N–H and O–H groups in total. The van der Waals surface area contributed by atoms with Crippen molar-refractivity contribution in [3.05, 3.63) is 29.3 Å². The van der Waals surface area contributed by atoms with Crippen molar-refractivity contribution in [3.63, 3.8) is 0 Å². The Kier molecular flexibility index (Phi) is 4.13. The molecule has 1 unspecified atom stereocenters. The van der Waals surface area contributed by atoms with Crippen LogP contribution in [0.4, 0.5) is 8.78 Å². The van der Waals surface area contributed by atoms with Crippen LogP contribution in [0.25, 0.3) is 0 Å². The largest absolute Gasteiger partial charge is 0.391 e. The van der Waals surface area contributed by atoms with Gasteiger partial charge < -0.3 is 5.11 Å². The lowest BCUT2D eigenvalue weighted by molar-refractivity contribution is 0.267. The van der Waals surface area contributed by atoms with E-state index in [9.17, 15) is 17.2 Å². The molecular weight excluding hydrogens is 288 g/mol. The Labute approximate surface area is 117 Å². The van der Waals surface area contributed by atoms with Crippen LogP contribution in [0, 0.1) is 17.6 Å². The van der Waals surface area contributed by atoms with Crippen LogP contribution in [-0.4, -0.2) is 30.9 Å². The predicted octanol–water partition coefficient (Wildman–Crippen LogP) is 1.88. The maximum Gasteiger partial charge on any atom is 0.245 e. The van der Waals surface area contributed by atoms with Crippen molar-refractivity contribution in [3.8, 4) is 0 Å². The molecule has 20 heavy (non-hydrogen) atoms. The Balaban J connectivity index is 2.43. The second-order valence-electron chi connectivity index (χ2n) is 5.10. The lowest BCUT2D eigenvalue weighted by Crippen LogP contribution is -2.37. The Hall–Kier alpha value is -1.05. The van der Waals surface area contributed by atoms with Crippen molar-refractivity contribution < 1.29 is 22.3 Å². The van der Waals surface area contributed by atoms with E-state index in [0.717, 1.165) is 29.3 Å². The summed E-state index contributed by atoms with van der Waals surface area (Å²) in [5.41, 5.74) is -0.626. The van der Waals surface area contributed by atoms with Crippen molar-refractivity contribution in [2.45, 2.75) is 37.3 Å². The van der Waals surface area contributed by atoms with Crippen molar-refractivity contribution in [1.29, 1.82) is 0 Å².